The Morgan fingerprint density at radius 2 is 2.53 bits per heavy atom. The van der Waals surface area contributed by atoms with Gasteiger partial charge in [-0.25, -0.2) is 0 Å². The van der Waals surface area contributed by atoms with Crippen molar-refractivity contribution in [1.82, 2.24) is 15.6 Å². The van der Waals surface area contributed by atoms with Crippen LogP contribution in [0, 0.1) is 5.92 Å². The van der Waals surface area contributed by atoms with Crippen molar-refractivity contribution in [3.63, 3.8) is 0 Å². The SMILES string of the molecule is c1cncc(CNCCC2CCNC2)c1. The van der Waals surface area contributed by atoms with Crippen LogP contribution in [0.4, 0.5) is 0 Å². The molecule has 1 unspecified atom stereocenters. The Morgan fingerprint density at radius 3 is 3.27 bits per heavy atom. The fourth-order valence-corrected chi connectivity index (χ4v) is 2.00. The topological polar surface area (TPSA) is 37.0 Å². The maximum atomic E-state index is 4.09. The molecule has 0 bridgehead atoms. The van der Waals surface area contributed by atoms with Gasteiger partial charge in [0, 0.05) is 18.9 Å². The van der Waals surface area contributed by atoms with Crippen LogP contribution in [0.15, 0.2) is 24.5 Å². The van der Waals surface area contributed by atoms with Crippen LogP contribution < -0.4 is 10.6 Å². The lowest BCUT2D eigenvalue weighted by Crippen LogP contribution is -2.19. The van der Waals surface area contributed by atoms with Crippen LogP contribution in [0.3, 0.4) is 0 Å². The van der Waals surface area contributed by atoms with E-state index >= 15 is 0 Å². The largest absolute Gasteiger partial charge is 0.316 e. The Balaban J connectivity index is 1.59. The second kappa shape index (κ2) is 5.83. The second-order valence-electron chi connectivity index (χ2n) is 4.19. The van der Waals surface area contributed by atoms with Gasteiger partial charge in [-0.15, -0.1) is 0 Å². The van der Waals surface area contributed by atoms with Crippen molar-refractivity contribution >= 4 is 0 Å². The Morgan fingerprint density at radius 1 is 1.53 bits per heavy atom. The highest BCUT2D eigenvalue weighted by atomic mass is 14.9. The third-order valence-electron chi connectivity index (χ3n) is 2.94. The van der Waals surface area contributed by atoms with E-state index < -0.39 is 0 Å². The summed E-state index contributed by atoms with van der Waals surface area (Å²) in [7, 11) is 0. The lowest BCUT2D eigenvalue weighted by atomic mass is 10.1. The molecule has 1 fully saturated rings. The minimum atomic E-state index is 0.881. The number of rotatable bonds is 5. The average Bonchev–Trinajstić information content (AvgIpc) is 2.79. The zero-order chi connectivity index (χ0) is 10.3. The molecule has 82 valence electrons. The standard InChI is InChI=1S/C12H19N3/c1-2-12(9-13-5-1)10-15-7-4-11-3-6-14-8-11/h1-2,5,9,11,14-15H,3-4,6-8,10H2. The average molecular weight is 205 g/mol. The van der Waals surface area contributed by atoms with Gasteiger partial charge in [-0.1, -0.05) is 6.07 Å². The quantitative estimate of drug-likeness (QED) is 0.709. The number of pyridine rings is 1. The molecule has 0 amide bonds. The molecule has 1 saturated heterocycles. The molecule has 0 spiro atoms. The molecule has 2 heterocycles. The molecule has 1 aliphatic heterocycles. The molecular weight excluding hydrogens is 186 g/mol. The van der Waals surface area contributed by atoms with Crippen LogP contribution in [-0.2, 0) is 6.54 Å². The minimum absolute atomic E-state index is 0.881. The molecule has 1 aromatic rings. The molecule has 0 aromatic carbocycles. The van der Waals surface area contributed by atoms with Gasteiger partial charge < -0.3 is 10.6 Å². The first-order valence-electron chi connectivity index (χ1n) is 5.75. The van der Waals surface area contributed by atoms with E-state index in [9.17, 15) is 0 Å². The summed E-state index contributed by atoms with van der Waals surface area (Å²) in [4.78, 5) is 4.09. The third-order valence-corrected chi connectivity index (χ3v) is 2.94. The highest BCUT2D eigenvalue weighted by Gasteiger charge is 2.12. The van der Waals surface area contributed by atoms with Crippen LogP contribution in [-0.4, -0.2) is 24.6 Å². The van der Waals surface area contributed by atoms with Crippen LogP contribution in [0.2, 0.25) is 0 Å². The molecule has 15 heavy (non-hydrogen) atoms. The van der Waals surface area contributed by atoms with Crippen molar-refractivity contribution in [2.75, 3.05) is 19.6 Å². The van der Waals surface area contributed by atoms with Gasteiger partial charge in [0.25, 0.3) is 0 Å². The minimum Gasteiger partial charge on any atom is -0.316 e. The van der Waals surface area contributed by atoms with Crippen molar-refractivity contribution in [3.05, 3.63) is 30.1 Å². The number of nitrogens with one attached hydrogen (secondary N) is 2. The summed E-state index contributed by atoms with van der Waals surface area (Å²) in [6.45, 7) is 4.46. The fourth-order valence-electron chi connectivity index (χ4n) is 2.00. The van der Waals surface area contributed by atoms with Gasteiger partial charge in [0.15, 0.2) is 0 Å². The highest BCUT2D eigenvalue weighted by Crippen LogP contribution is 2.10. The number of aromatic nitrogens is 1. The molecule has 3 nitrogen and oxygen atoms in total. The van der Waals surface area contributed by atoms with Gasteiger partial charge in [0.2, 0.25) is 0 Å². The zero-order valence-corrected chi connectivity index (χ0v) is 9.08. The Labute approximate surface area is 91.3 Å². The van der Waals surface area contributed by atoms with E-state index in [-0.39, 0.29) is 0 Å². The van der Waals surface area contributed by atoms with E-state index in [2.05, 4.69) is 21.7 Å². The summed E-state index contributed by atoms with van der Waals surface area (Å²) >= 11 is 0. The lowest BCUT2D eigenvalue weighted by Gasteiger charge is -2.08. The molecule has 1 aromatic heterocycles. The number of hydrogen-bond acceptors (Lipinski definition) is 3. The molecule has 2 N–H and O–H groups in total. The van der Waals surface area contributed by atoms with Crippen LogP contribution >= 0.6 is 0 Å². The second-order valence-corrected chi connectivity index (χ2v) is 4.19. The van der Waals surface area contributed by atoms with E-state index in [0.29, 0.717) is 0 Å². The van der Waals surface area contributed by atoms with E-state index in [1.54, 1.807) is 0 Å². The monoisotopic (exact) mass is 205 g/mol. The number of hydrogen-bond donors (Lipinski definition) is 2. The van der Waals surface area contributed by atoms with Gasteiger partial charge in [0.1, 0.15) is 0 Å². The Bertz CT molecular complexity index is 267. The predicted molar refractivity (Wildman–Crippen MR) is 61.5 cm³/mol. The molecule has 3 heteroatoms. The van der Waals surface area contributed by atoms with Gasteiger partial charge >= 0.3 is 0 Å². The molecular formula is C12H19N3. The number of nitrogens with zero attached hydrogens (tertiary/aromatic N) is 1. The normalized spacial score (nSPS) is 20.7. The summed E-state index contributed by atoms with van der Waals surface area (Å²) in [6, 6.07) is 4.09. The highest BCUT2D eigenvalue weighted by molar-refractivity contribution is 5.07. The van der Waals surface area contributed by atoms with Gasteiger partial charge in [-0.05, 0) is 50.0 Å². The first-order valence-corrected chi connectivity index (χ1v) is 5.75. The maximum absolute atomic E-state index is 4.09. The molecule has 1 atom stereocenters. The van der Waals surface area contributed by atoms with Crippen molar-refractivity contribution in [2.24, 2.45) is 5.92 Å². The van der Waals surface area contributed by atoms with Crippen molar-refractivity contribution < 1.29 is 0 Å². The van der Waals surface area contributed by atoms with E-state index in [0.717, 1.165) is 19.0 Å². The first kappa shape index (κ1) is 10.6. The van der Waals surface area contributed by atoms with E-state index in [4.69, 9.17) is 0 Å². The Hall–Kier alpha value is -0.930. The first-order chi connectivity index (χ1) is 7.45. The zero-order valence-electron chi connectivity index (χ0n) is 9.08. The van der Waals surface area contributed by atoms with Crippen molar-refractivity contribution in [2.45, 2.75) is 19.4 Å². The molecule has 0 radical (unpaired) electrons. The predicted octanol–water partition coefficient (Wildman–Crippen LogP) is 1.17. The summed E-state index contributed by atoms with van der Waals surface area (Å²) < 4.78 is 0. The summed E-state index contributed by atoms with van der Waals surface area (Å²) in [5.74, 6) is 0.881. The van der Waals surface area contributed by atoms with Crippen molar-refractivity contribution in [3.8, 4) is 0 Å². The maximum Gasteiger partial charge on any atom is 0.0312 e. The van der Waals surface area contributed by atoms with Gasteiger partial charge in [0.05, 0.1) is 0 Å². The molecule has 0 saturated carbocycles. The van der Waals surface area contributed by atoms with Gasteiger partial charge in [-0.2, -0.15) is 0 Å². The molecule has 0 aliphatic carbocycles. The third kappa shape index (κ3) is 3.61. The summed E-state index contributed by atoms with van der Waals surface area (Å²) in [6.07, 6.45) is 6.36. The summed E-state index contributed by atoms with van der Waals surface area (Å²) in [5.41, 5.74) is 1.27. The molecule has 2 rings (SSSR count). The smallest absolute Gasteiger partial charge is 0.0312 e. The van der Waals surface area contributed by atoms with Gasteiger partial charge in [-0.3, -0.25) is 4.98 Å². The molecule has 1 aliphatic rings. The Kier molecular flexibility index (Phi) is 4.11. The van der Waals surface area contributed by atoms with Crippen LogP contribution in [0.1, 0.15) is 18.4 Å². The van der Waals surface area contributed by atoms with Crippen LogP contribution in [0.25, 0.3) is 0 Å². The fraction of sp³-hybridized carbons (Fsp3) is 0.583. The summed E-state index contributed by atoms with van der Waals surface area (Å²) in [5, 5.41) is 6.85. The van der Waals surface area contributed by atoms with Crippen LogP contribution in [0.5, 0.6) is 0 Å². The van der Waals surface area contributed by atoms with E-state index in [1.807, 2.05) is 18.5 Å². The lowest BCUT2D eigenvalue weighted by molar-refractivity contribution is 0.500. The van der Waals surface area contributed by atoms with E-state index in [1.165, 1.54) is 31.5 Å². The van der Waals surface area contributed by atoms with Crippen molar-refractivity contribution in [1.29, 1.82) is 0 Å².